The number of aliphatic imine (C=N–C) groups is 1. The van der Waals surface area contributed by atoms with Crippen LogP contribution in [0.5, 0.6) is 0 Å². The number of thioether (sulfide) groups is 1. The van der Waals surface area contributed by atoms with Crippen molar-refractivity contribution in [3.8, 4) is 0 Å². The molecule has 0 unspecified atom stereocenters. The van der Waals surface area contributed by atoms with Crippen LogP contribution in [0.2, 0.25) is 5.02 Å². The van der Waals surface area contributed by atoms with Gasteiger partial charge in [0.15, 0.2) is 5.17 Å². The topological polar surface area (TPSA) is 61.8 Å². The fourth-order valence-electron chi connectivity index (χ4n) is 2.73. The number of halogens is 1. The molecule has 28 heavy (non-hydrogen) atoms. The lowest BCUT2D eigenvalue weighted by Crippen LogP contribution is -2.33. The summed E-state index contributed by atoms with van der Waals surface area (Å²) in [4.78, 5) is 31.4. The Hall–Kier alpha value is -2.57. The van der Waals surface area contributed by atoms with E-state index >= 15 is 0 Å². The van der Waals surface area contributed by atoms with Crippen LogP contribution in [0, 0.1) is 6.92 Å². The Morgan fingerprint density at radius 1 is 1.29 bits per heavy atom. The van der Waals surface area contributed by atoms with E-state index in [4.69, 9.17) is 11.6 Å². The number of rotatable bonds is 6. The second-order valence-corrected chi connectivity index (χ2v) is 7.89. The normalized spacial score (nSPS) is 17.8. The van der Waals surface area contributed by atoms with Crippen LogP contribution in [-0.4, -0.2) is 33.7 Å². The molecule has 0 aromatic heterocycles. The van der Waals surface area contributed by atoms with Crippen LogP contribution in [-0.2, 0) is 9.59 Å². The molecule has 1 aliphatic rings. The lowest BCUT2D eigenvalue weighted by molar-refractivity contribution is -0.127. The van der Waals surface area contributed by atoms with Gasteiger partial charge in [0.1, 0.15) is 5.25 Å². The van der Waals surface area contributed by atoms with E-state index in [1.165, 1.54) is 11.8 Å². The third-order valence-corrected chi connectivity index (χ3v) is 5.59. The average Bonchev–Trinajstić information content (AvgIpc) is 2.94. The van der Waals surface area contributed by atoms with Crippen LogP contribution in [0.1, 0.15) is 12.0 Å². The van der Waals surface area contributed by atoms with Crippen molar-refractivity contribution in [2.45, 2.75) is 18.6 Å². The van der Waals surface area contributed by atoms with Crippen LogP contribution in [0.4, 0.5) is 11.4 Å². The smallest absolute Gasteiger partial charge is 0.242 e. The summed E-state index contributed by atoms with van der Waals surface area (Å²) in [5.74, 6) is -0.368. The molecule has 1 atom stereocenters. The molecule has 0 saturated carbocycles. The zero-order chi connectivity index (χ0) is 20.1. The number of benzene rings is 2. The van der Waals surface area contributed by atoms with Gasteiger partial charge in [-0.25, -0.2) is 4.99 Å². The molecule has 0 spiro atoms. The molecule has 0 radical (unpaired) electrons. The minimum atomic E-state index is -0.519. The molecule has 1 saturated heterocycles. The SMILES string of the molecule is C=CCN1C(=O)[C@@H](CC(=O)Nc2ccc(Cl)cc2)SC1=Nc1ccccc1C. The predicted molar refractivity (Wildman–Crippen MR) is 116 cm³/mol. The zero-order valence-corrected chi connectivity index (χ0v) is 17.0. The quantitative estimate of drug-likeness (QED) is 0.692. The lowest BCUT2D eigenvalue weighted by atomic mass is 10.2. The van der Waals surface area contributed by atoms with Crippen LogP contribution in [0.25, 0.3) is 0 Å². The fraction of sp³-hybridized carbons (Fsp3) is 0.190. The second kappa shape index (κ2) is 9.08. The van der Waals surface area contributed by atoms with Gasteiger partial charge in [0.25, 0.3) is 0 Å². The van der Waals surface area contributed by atoms with Gasteiger partial charge in [0, 0.05) is 23.7 Å². The van der Waals surface area contributed by atoms with Gasteiger partial charge in [-0.1, -0.05) is 47.6 Å². The molecule has 1 aliphatic heterocycles. The predicted octanol–water partition coefficient (Wildman–Crippen LogP) is 4.79. The third-order valence-electron chi connectivity index (χ3n) is 4.16. The molecule has 3 rings (SSSR count). The van der Waals surface area contributed by atoms with Crippen molar-refractivity contribution in [3.63, 3.8) is 0 Å². The van der Waals surface area contributed by atoms with E-state index in [1.807, 2.05) is 31.2 Å². The van der Waals surface area contributed by atoms with Gasteiger partial charge in [-0.15, -0.1) is 6.58 Å². The van der Waals surface area contributed by atoms with Crippen molar-refractivity contribution in [3.05, 3.63) is 71.8 Å². The summed E-state index contributed by atoms with van der Waals surface area (Å²) in [5, 5.41) is 3.46. The Bertz CT molecular complexity index is 928. The molecule has 0 aliphatic carbocycles. The second-order valence-electron chi connectivity index (χ2n) is 6.28. The maximum atomic E-state index is 12.8. The first-order chi connectivity index (χ1) is 13.5. The number of anilines is 1. The third kappa shape index (κ3) is 4.82. The maximum absolute atomic E-state index is 12.8. The Kier molecular flexibility index (Phi) is 6.54. The Morgan fingerprint density at radius 3 is 2.68 bits per heavy atom. The van der Waals surface area contributed by atoms with Crippen molar-refractivity contribution in [1.29, 1.82) is 0 Å². The van der Waals surface area contributed by atoms with E-state index in [2.05, 4.69) is 16.9 Å². The largest absolute Gasteiger partial charge is 0.326 e. The minimum Gasteiger partial charge on any atom is -0.326 e. The summed E-state index contributed by atoms with van der Waals surface area (Å²) >= 11 is 7.17. The monoisotopic (exact) mass is 413 g/mol. The molecular weight excluding hydrogens is 394 g/mol. The average molecular weight is 414 g/mol. The van der Waals surface area contributed by atoms with Gasteiger partial charge in [0.05, 0.1) is 5.69 Å². The van der Waals surface area contributed by atoms with Gasteiger partial charge in [0.2, 0.25) is 11.8 Å². The molecule has 1 heterocycles. The highest BCUT2D eigenvalue weighted by Gasteiger charge is 2.38. The molecule has 7 heteroatoms. The molecule has 2 amide bonds. The number of carbonyl (C=O) groups is 2. The summed E-state index contributed by atoms with van der Waals surface area (Å²) in [5.41, 5.74) is 2.46. The fourth-order valence-corrected chi connectivity index (χ4v) is 4.01. The number of nitrogens with zero attached hydrogens (tertiary/aromatic N) is 2. The van der Waals surface area contributed by atoms with Crippen LogP contribution in [0.15, 0.2) is 66.2 Å². The first-order valence-corrected chi connectivity index (χ1v) is 10.0. The van der Waals surface area contributed by atoms with Crippen molar-refractivity contribution in [2.75, 3.05) is 11.9 Å². The van der Waals surface area contributed by atoms with Crippen LogP contribution in [0.3, 0.4) is 0 Å². The summed E-state index contributed by atoms with van der Waals surface area (Å²) < 4.78 is 0. The van der Waals surface area contributed by atoms with Gasteiger partial charge in [-0.3, -0.25) is 14.5 Å². The number of nitrogens with one attached hydrogen (secondary N) is 1. The summed E-state index contributed by atoms with van der Waals surface area (Å²) in [6.07, 6.45) is 1.72. The van der Waals surface area contributed by atoms with E-state index in [0.717, 1.165) is 11.3 Å². The number of hydrogen-bond donors (Lipinski definition) is 1. The first kappa shape index (κ1) is 20.2. The van der Waals surface area contributed by atoms with Crippen molar-refractivity contribution < 1.29 is 9.59 Å². The first-order valence-electron chi connectivity index (χ1n) is 8.76. The highest BCUT2D eigenvalue weighted by atomic mass is 35.5. The molecule has 5 nitrogen and oxygen atoms in total. The van der Waals surface area contributed by atoms with Gasteiger partial charge >= 0.3 is 0 Å². The van der Waals surface area contributed by atoms with E-state index in [1.54, 1.807) is 35.2 Å². The Labute approximate surface area is 173 Å². The number of hydrogen-bond acceptors (Lipinski definition) is 4. The molecular formula is C21H20ClN3O2S. The van der Waals surface area contributed by atoms with E-state index < -0.39 is 5.25 Å². The van der Waals surface area contributed by atoms with E-state index in [9.17, 15) is 9.59 Å². The van der Waals surface area contributed by atoms with E-state index in [0.29, 0.717) is 22.4 Å². The molecule has 144 valence electrons. The minimum absolute atomic E-state index is 0.0621. The van der Waals surface area contributed by atoms with E-state index in [-0.39, 0.29) is 18.2 Å². The zero-order valence-electron chi connectivity index (χ0n) is 15.4. The highest BCUT2D eigenvalue weighted by Crippen LogP contribution is 2.32. The molecule has 2 aromatic rings. The van der Waals surface area contributed by atoms with Crippen molar-refractivity contribution >= 4 is 51.7 Å². The van der Waals surface area contributed by atoms with Crippen LogP contribution >= 0.6 is 23.4 Å². The summed E-state index contributed by atoms with van der Waals surface area (Å²) in [6, 6.07) is 14.6. The summed E-state index contributed by atoms with van der Waals surface area (Å²) in [7, 11) is 0. The Balaban J connectivity index is 1.74. The molecule has 1 N–H and O–H groups in total. The number of amidine groups is 1. The maximum Gasteiger partial charge on any atom is 0.242 e. The number of amides is 2. The van der Waals surface area contributed by atoms with Crippen molar-refractivity contribution in [2.24, 2.45) is 4.99 Å². The Morgan fingerprint density at radius 2 is 2.00 bits per heavy atom. The summed E-state index contributed by atoms with van der Waals surface area (Å²) in [6.45, 7) is 6.04. The standard InChI is InChI=1S/C21H20ClN3O2S/c1-3-12-25-20(27)18(13-19(26)23-16-10-8-15(22)9-11-16)28-21(25)24-17-7-5-4-6-14(17)2/h3-11,18H,1,12-13H2,2H3,(H,23,26)/t18-/m1/s1. The lowest BCUT2D eigenvalue weighted by Gasteiger charge is -2.14. The molecule has 1 fully saturated rings. The van der Waals surface area contributed by atoms with Gasteiger partial charge in [-0.05, 0) is 42.8 Å². The van der Waals surface area contributed by atoms with Crippen molar-refractivity contribution in [1.82, 2.24) is 4.90 Å². The highest BCUT2D eigenvalue weighted by molar-refractivity contribution is 8.15. The van der Waals surface area contributed by atoms with Gasteiger partial charge < -0.3 is 5.32 Å². The molecule has 2 aromatic carbocycles. The van der Waals surface area contributed by atoms with Gasteiger partial charge in [-0.2, -0.15) is 0 Å². The number of carbonyl (C=O) groups excluding carboxylic acids is 2. The van der Waals surface area contributed by atoms with Crippen LogP contribution < -0.4 is 5.32 Å². The number of aryl methyl sites for hydroxylation is 1. The number of para-hydroxylation sites is 1. The molecule has 0 bridgehead atoms.